The second-order valence-electron chi connectivity index (χ2n) is 6.51. The van der Waals surface area contributed by atoms with Gasteiger partial charge in [-0.25, -0.2) is 9.37 Å². The molecule has 2 N–H and O–H groups in total. The number of aromatic nitrogens is 1. The molecule has 0 bridgehead atoms. The number of aryl methyl sites for hydroxylation is 2. The molecule has 1 amide bonds. The van der Waals surface area contributed by atoms with Crippen molar-refractivity contribution in [3.05, 3.63) is 89.0 Å². The van der Waals surface area contributed by atoms with E-state index in [2.05, 4.69) is 15.6 Å². The second-order valence-corrected chi connectivity index (χ2v) is 6.51. The van der Waals surface area contributed by atoms with Crippen molar-refractivity contribution in [2.24, 2.45) is 0 Å². The van der Waals surface area contributed by atoms with Gasteiger partial charge in [0, 0.05) is 12.2 Å². The maximum Gasteiger partial charge on any atom is 0.274 e. The van der Waals surface area contributed by atoms with Crippen LogP contribution in [-0.4, -0.2) is 17.4 Å². The van der Waals surface area contributed by atoms with Crippen LogP contribution >= 0.6 is 0 Å². The number of pyridine rings is 1. The van der Waals surface area contributed by atoms with Crippen molar-refractivity contribution in [2.75, 3.05) is 17.2 Å². The number of carbonyl (C=O) groups is 1. The number of amides is 1. The first-order valence-electron chi connectivity index (χ1n) is 8.84. The van der Waals surface area contributed by atoms with Crippen LogP contribution in [0.4, 0.5) is 15.8 Å². The molecular formula is C22H22FN3O. The Bertz CT molecular complexity index is 921. The molecule has 0 aliphatic rings. The molecule has 3 aromatic rings. The topological polar surface area (TPSA) is 54.0 Å². The van der Waals surface area contributed by atoms with E-state index in [9.17, 15) is 9.18 Å². The molecular weight excluding hydrogens is 341 g/mol. The molecule has 0 saturated heterocycles. The Kier molecular flexibility index (Phi) is 5.81. The van der Waals surface area contributed by atoms with Crippen LogP contribution in [0.3, 0.4) is 0 Å². The van der Waals surface area contributed by atoms with Gasteiger partial charge in [0.1, 0.15) is 11.5 Å². The standard InChI is InChI=1S/C22H22FN3O/c1-15-3-4-16(2)21(13-15)26-22(27)20-10-9-19(14-25-20)24-12-11-17-5-7-18(23)8-6-17/h3-10,13-14,24H,11-12H2,1-2H3,(H,26,27). The zero-order valence-electron chi connectivity index (χ0n) is 15.4. The monoisotopic (exact) mass is 363 g/mol. The van der Waals surface area contributed by atoms with E-state index in [0.29, 0.717) is 12.2 Å². The highest BCUT2D eigenvalue weighted by Gasteiger charge is 2.09. The predicted molar refractivity (Wildman–Crippen MR) is 107 cm³/mol. The first kappa shape index (κ1) is 18.6. The van der Waals surface area contributed by atoms with Crippen LogP contribution in [0.1, 0.15) is 27.2 Å². The largest absolute Gasteiger partial charge is 0.383 e. The highest BCUT2D eigenvalue weighted by molar-refractivity contribution is 6.03. The van der Waals surface area contributed by atoms with Crippen LogP contribution < -0.4 is 10.6 Å². The Morgan fingerprint density at radius 2 is 1.81 bits per heavy atom. The summed E-state index contributed by atoms with van der Waals surface area (Å²) in [6.45, 7) is 4.64. The molecule has 0 spiro atoms. The minimum Gasteiger partial charge on any atom is -0.383 e. The van der Waals surface area contributed by atoms with E-state index < -0.39 is 0 Å². The fourth-order valence-corrected chi connectivity index (χ4v) is 2.69. The molecule has 27 heavy (non-hydrogen) atoms. The number of hydrogen-bond donors (Lipinski definition) is 2. The quantitative estimate of drug-likeness (QED) is 0.665. The number of nitrogens with one attached hydrogen (secondary N) is 2. The number of rotatable bonds is 6. The van der Waals surface area contributed by atoms with Crippen molar-refractivity contribution in [1.82, 2.24) is 4.98 Å². The number of halogens is 1. The molecule has 4 nitrogen and oxygen atoms in total. The molecule has 0 atom stereocenters. The number of nitrogens with zero attached hydrogens (tertiary/aromatic N) is 1. The maximum absolute atomic E-state index is 12.9. The maximum atomic E-state index is 12.9. The summed E-state index contributed by atoms with van der Waals surface area (Å²) in [5.74, 6) is -0.466. The lowest BCUT2D eigenvalue weighted by Gasteiger charge is -2.10. The van der Waals surface area contributed by atoms with Gasteiger partial charge in [-0.15, -0.1) is 0 Å². The summed E-state index contributed by atoms with van der Waals surface area (Å²) in [5, 5.41) is 6.16. The molecule has 0 radical (unpaired) electrons. The van der Waals surface area contributed by atoms with E-state index in [1.165, 1.54) is 12.1 Å². The van der Waals surface area contributed by atoms with Crippen LogP contribution in [0, 0.1) is 19.7 Å². The molecule has 0 aliphatic carbocycles. The highest BCUT2D eigenvalue weighted by atomic mass is 19.1. The Morgan fingerprint density at radius 1 is 1.04 bits per heavy atom. The minimum atomic E-state index is -0.235. The summed E-state index contributed by atoms with van der Waals surface area (Å²) in [4.78, 5) is 16.6. The van der Waals surface area contributed by atoms with Crippen LogP contribution in [-0.2, 0) is 6.42 Å². The van der Waals surface area contributed by atoms with Crippen LogP contribution in [0.5, 0.6) is 0 Å². The molecule has 0 fully saturated rings. The molecule has 3 rings (SSSR count). The average molecular weight is 363 g/mol. The van der Waals surface area contributed by atoms with Crippen molar-refractivity contribution in [3.8, 4) is 0 Å². The smallest absolute Gasteiger partial charge is 0.274 e. The lowest BCUT2D eigenvalue weighted by Crippen LogP contribution is -2.15. The Labute approximate surface area is 158 Å². The Hall–Kier alpha value is -3.21. The van der Waals surface area contributed by atoms with E-state index in [-0.39, 0.29) is 11.7 Å². The van der Waals surface area contributed by atoms with Gasteiger partial charge in [-0.2, -0.15) is 0 Å². The number of benzene rings is 2. The molecule has 138 valence electrons. The fourth-order valence-electron chi connectivity index (χ4n) is 2.69. The third kappa shape index (κ3) is 5.14. The summed E-state index contributed by atoms with van der Waals surface area (Å²) in [6.07, 6.45) is 2.41. The van der Waals surface area contributed by atoms with E-state index in [4.69, 9.17) is 0 Å². The molecule has 1 aromatic heterocycles. The first-order valence-corrected chi connectivity index (χ1v) is 8.84. The third-order valence-electron chi connectivity index (χ3n) is 4.29. The van der Waals surface area contributed by atoms with Crippen LogP contribution in [0.25, 0.3) is 0 Å². The zero-order valence-corrected chi connectivity index (χ0v) is 15.4. The minimum absolute atomic E-state index is 0.231. The number of carbonyl (C=O) groups excluding carboxylic acids is 1. The first-order chi connectivity index (χ1) is 13.0. The van der Waals surface area contributed by atoms with E-state index >= 15 is 0 Å². The van der Waals surface area contributed by atoms with Gasteiger partial charge in [-0.1, -0.05) is 24.3 Å². The van der Waals surface area contributed by atoms with Gasteiger partial charge in [-0.05, 0) is 67.3 Å². The van der Waals surface area contributed by atoms with Gasteiger partial charge in [0.05, 0.1) is 11.9 Å². The summed E-state index contributed by atoms with van der Waals surface area (Å²) >= 11 is 0. The van der Waals surface area contributed by atoms with Gasteiger partial charge in [0.2, 0.25) is 0 Å². The van der Waals surface area contributed by atoms with Crippen molar-refractivity contribution >= 4 is 17.3 Å². The SMILES string of the molecule is Cc1ccc(C)c(NC(=O)c2ccc(NCCc3ccc(F)cc3)cn2)c1. The van der Waals surface area contributed by atoms with Gasteiger partial charge >= 0.3 is 0 Å². The Balaban J connectivity index is 1.55. The summed E-state index contributed by atoms with van der Waals surface area (Å²) in [6, 6.07) is 15.9. The Morgan fingerprint density at radius 3 is 2.52 bits per heavy atom. The van der Waals surface area contributed by atoms with Crippen LogP contribution in [0.2, 0.25) is 0 Å². The van der Waals surface area contributed by atoms with E-state index in [0.717, 1.165) is 34.5 Å². The highest BCUT2D eigenvalue weighted by Crippen LogP contribution is 2.17. The summed E-state index contributed by atoms with van der Waals surface area (Å²) in [7, 11) is 0. The molecule has 0 aliphatic heterocycles. The molecule has 0 saturated carbocycles. The van der Waals surface area contributed by atoms with Crippen molar-refractivity contribution in [1.29, 1.82) is 0 Å². The predicted octanol–water partition coefficient (Wildman–Crippen LogP) is 4.74. The second kappa shape index (κ2) is 8.45. The van der Waals surface area contributed by atoms with E-state index in [1.807, 2.05) is 38.1 Å². The van der Waals surface area contributed by atoms with E-state index in [1.54, 1.807) is 24.4 Å². The lowest BCUT2D eigenvalue weighted by atomic mass is 10.1. The van der Waals surface area contributed by atoms with Gasteiger partial charge in [0.25, 0.3) is 5.91 Å². The lowest BCUT2D eigenvalue weighted by molar-refractivity contribution is 0.102. The normalized spacial score (nSPS) is 10.5. The van der Waals surface area contributed by atoms with Crippen LogP contribution in [0.15, 0.2) is 60.8 Å². The molecule has 0 unspecified atom stereocenters. The van der Waals surface area contributed by atoms with Gasteiger partial charge < -0.3 is 10.6 Å². The summed E-state index contributed by atoms with van der Waals surface area (Å²) < 4.78 is 12.9. The third-order valence-corrected chi connectivity index (χ3v) is 4.29. The van der Waals surface area contributed by atoms with Gasteiger partial charge in [-0.3, -0.25) is 4.79 Å². The zero-order chi connectivity index (χ0) is 19.2. The number of hydrogen-bond acceptors (Lipinski definition) is 3. The van der Waals surface area contributed by atoms with Gasteiger partial charge in [0.15, 0.2) is 0 Å². The average Bonchev–Trinajstić information content (AvgIpc) is 2.67. The van der Waals surface area contributed by atoms with Crippen molar-refractivity contribution in [2.45, 2.75) is 20.3 Å². The number of anilines is 2. The molecule has 2 aromatic carbocycles. The fraction of sp³-hybridized carbons (Fsp3) is 0.182. The summed E-state index contributed by atoms with van der Waals surface area (Å²) in [5.41, 5.74) is 5.14. The molecule has 5 heteroatoms. The molecule has 1 heterocycles. The van der Waals surface area contributed by atoms with Crippen molar-refractivity contribution < 1.29 is 9.18 Å². The van der Waals surface area contributed by atoms with Crippen molar-refractivity contribution in [3.63, 3.8) is 0 Å².